The topological polar surface area (TPSA) is 129 Å². The molecule has 1 atom stereocenters. The van der Waals surface area contributed by atoms with Crippen LogP contribution in [-0.2, 0) is 19.1 Å². The Morgan fingerprint density at radius 1 is 1.29 bits per heavy atom. The van der Waals surface area contributed by atoms with Crippen LogP contribution in [0, 0.1) is 11.3 Å². The van der Waals surface area contributed by atoms with Gasteiger partial charge in [-0.25, -0.2) is 4.79 Å². The fourth-order valence-electron chi connectivity index (χ4n) is 2.74. The summed E-state index contributed by atoms with van der Waals surface area (Å²) in [7, 11) is 0. The van der Waals surface area contributed by atoms with Gasteiger partial charge in [-0.3, -0.25) is 19.3 Å². The molecule has 28 heavy (non-hydrogen) atoms. The number of imide groups is 1. The summed E-state index contributed by atoms with van der Waals surface area (Å²) in [5.41, 5.74) is -0.134. The number of unbranched alkanes of at least 4 members (excludes halogenated alkanes) is 1. The number of benzene rings is 1. The Bertz CT molecular complexity index is 815. The van der Waals surface area contributed by atoms with Crippen molar-refractivity contribution in [3.8, 4) is 6.07 Å². The molecule has 0 bridgehead atoms. The lowest BCUT2D eigenvalue weighted by molar-refractivity contribution is -0.150. The summed E-state index contributed by atoms with van der Waals surface area (Å²) in [5, 5.41) is 13.8. The minimum Gasteiger partial charge on any atom is -0.454 e. The molecule has 0 aromatic heterocycles. The SMILES string of the molecule is CCCC[C@]1(C)NC(=O)N(CC(=O)OCC(=O)Nc2ccc(C#N)cc2)C1=O. The number of carbonyl (C=O) groups excluding carboxylic acids is 4. The average Bonchev–Trinajstić information content (AvgIpc) is 2.89. The minimum absolute atomic E-state index is 0.445. The molecule has 9 heteroatoms. The Balaban J connectivity index is 1.83. The Morgan fingerprint density at radius 2 is 1.96 bits per heavy atom. The van der Waals surface area contributed by atoms with Gasteiger partial charge in [-0.2, -0.15) is 5.26 Å². The maximum atomic E-state index is 12.4. The number of urea groups is 1. The lowest BCUT2D eigenvalue weighted by Crippen LogP contribution is -2.44. The normalized spacial score (nSPS) is 18.4. The first-order valence-electron chi connectivity index (χ1n) is 8.89. The van der Waals surface area contributed by atoms with Gasteiger partial charge in [0.2, 0.25) is 0 Å². The summed E-state index contributed by atoms with van der Waals surface area (Å²) in [6.45, 7) is 2.48. The molecule has 0 aliphatic carbocycles. The molecular formula is C19H22N4O5. The van der Waals surface area contributed by atoms with Crippen LogP contribution in [0.5, 0.6) is 0 Å². The molecule has 9 nitrogen and oxygen atoms in total. The number of ether oxygens (including phenoxy) is 1. The number of nitrogens with zero attached hydrogens (tertiary/aromatic N) is 2. The molecule has 1 saturated heterocycles. The van der Waals surface area contributed by atoms with Gasteiger partial charge < -0.3 is 15.4 Å². The highest BCUT2D eigenvalue weighted by molar-refractivity contribution is 6.08. The number of nitrogens with one attached hydrogen (secondary N) is 2. The highest BCUT2D eigenvalue weighted by atomic mass is 16.5. The van der Waals surface area contributed by atoms with Gasteiger partial charge in [0, 0.05) is 5.69 Å². The quantitative estimate of drug-likeness (QED) is 0.515. The second-order valence-corrected chi connectivity index (χ2v) is 6.66. The molecule has 1 fully saturated rings. The van der Waals surface area contributed by atoms with E-state index in [1.165, 1.54) is 12.1 Å². The third-order valence-electron chi connectivity index (χ3n) is 4.32. The van der Waals surface area contributed by atoms with Crippen LogP contribution in [0.3, 0.4) is 0 Å². The van der Waals surface area contributed by atoms with Crippen molar-refractivity contribution in [2.45, 2.75) is 38.6 Å². The molecule has 0 spiro atoms. The van der Waals surface area contributed by atoms with Gasteiger partial charge in [-0.1, -0.05) is 19.8 Å². The Morgan fingerprint density at radius 3 is 2.57 bits per heavy atom. The summed E-state index contributed by atoms with van der Waals surface area (Å²) >= 11 is 0. The summed E-state index contributed by atoms with van der Waals surface area (Å²) < 4.78 is 4.85. The van der Waals surface area contributed by atoms with Gasteiger partial charge in [0.1, 0.15) is 12.1 Å². The van der Waals surface area contributed by atoms with Crippen molar-refractivity contribution in [3.05, 3.63) is 29.8 Å². The Labute approximate surface area is 162 Å². The zero-order valence-electron chi connectivity index (χ0n) is 15.8. The van der Waals surface area contributed by atoms with Crippen molar-refractivity contribution in [1.29, 1.82) is 5.26 Å². The van der Waals surface area contributed by atoms with Gasteiger partial charge in [-0.15, -0.1) is 0 Å². The van der Waals surface area contributed by atoms with E-state index in [0.717, 1.165) is 17.7 Å². The average molecular weight is 386 g/mol. The summed E-state index contributed by atoms with van der Waals surface area (Å²) in [4.78, 5) is 49.0. The molecule has 0 saturated carbocycles. The zero-order valence-corrected chi connectivity index (χ0v) is 15.8. The predicted octanol–water partition coefficient (Wildman–Crippen LogP) is 1.54. The second-order valence-electron chi connectivity index (χ2n) is 6.66. The van der Waals surface area contributed by atoms with E-state index < -0.39 is 42.5 Å². The number of hydrogen-bond donors (Lipinski definition) is 2. The number of amides is 4. The molecule has 1 aromatic carbocycles. The zero-order chi connectivity index (χ0) is 20.7. The molecule has 0 unspecified atom stereocenters. The van der Waals surface area contributed by atoms with Gasteiger partial charge in [0.15, 0.2) is 6.61 Å². The van der Waals surface area contributed by atoms with Crippen molar-refractivity contribution < 1.29 is 23.9 Å². The molecule has 2 N–H and O–H groups in total. The van der Waals surface area contributed by atoms with E-state index in [4.69, 9.17) is 10.00 Å². The van der Waals surface area contributed by atoms with Crippen LogP contribution in [0.25, 0.3) is 0 Å². The minimum atomic E-state index is -1.03. The maximum absolute atomic E-state index is 12.4. The number of esters is 1. The van der Waals surface area contributed by atoms with Gasteiger partial charge in [0.05, 0.1) is 11.6 Å². The Kier molecular flexibility index (Phi) is 6.71. The molecule has 4 amide bonds. The third-order valence-corrected chi connectivity index (χ3v) is 4.32. The smallest absolute Gasteiger partial charge is 0.326 e. The highest BCUT2D eigenvalue weighted by Gasteiger charge is 2.47. The van der Waals surface area contributed by atoms with Crippen LogP contribution in [0.15, 0.2) is 24.3 Å². The van der Waals surface area contributed by atoms with Crippen molar-refractivity contribution in [1.82, 2.24) is 10.2 Å². The third kappa shape index (κ3) is 5.07. The molecule has 0 radical (unpaired) electrons. The fraction of sp³-hybridized carbons (Fsp3) is 0.421. The lowest BCUT2D eigenvalue weighted by Gasteiger charge is -2.21. The van der Waals surface area contributed by atoms with Crippen molar-refractivity contribution in [2.75, 3.05) is 18.5 Å². The highest BCUT2D eigenvalue weighted by Crippen LogP contribution is 2.23. The first-order chi connectivity index (χ1) is 13.3. The van der Waals surface area contributed by atoms with Crippen molar-refractivity contribution in [3.63, 3.8) is 0 Å². The predicted molar refractivity (Wildman–Crippen MR) is 98.9 cm³/mol. The molecular weight excluding hydrogens is 364 g/mol. The molecule has 1 aliphatic rings. The second kappa shape index (κ2) is 8.99. The van der Waals surface area contributed by atoms with Crippen molar-refractivity contribution in [2.24, 2.45) is 0 Å². The van der Waals surface area contributed by atoms with Crippen LogP contribution < -0.4 is 10.6 Å². The number of rotatable bonds is 8. The van der Waals surface area contributed by atoms with E-state index >= 15 is 0 Å². The first-order valence-corrected chi connectivity index (χ1v) is 8.89. The van der Waals surface area contributed by atoms with E-state index in [-0.39, 0.29) is 0 Å². The van der Waals surface area contributed by atoms with E-state index in [2.05, 4.69) is 10.6 Å². The van der Waals surface area contributed by atoms with Crippen LogP contribution in [0.4, 0.5) is 10.5 Å². The summed E-state index contributed by atoms with van der Waals surface area (Å²) in [6.07, 6.45) is 2.11. The molecule has 148 valence electrons. The molecule has 1 heterocycles. The Hall–Kier alpha value is -3.41. The number of hydrogen-bond acceptors (Lipinski definition) is 6. The van der Waals surface area contributed by atoms with E-state index in [1.54, 1.807) is 19.1 Å². The lowest BCUT2D eigenvalue weighted by atomic mass is 9.95. The van der Waals surface area contributed by atoms with Crippen LogP contribution >= 0.6 is 0 Å². The molecule has 1 aromatic rings. The van der Waals surface area contributed by atoms with Gasteiger partial charge in [0.25, 0.3) is 11.8 Å². The van der Waals surface area contributed by atoms with E-state index in [9.17, 15) is 19.2 Å². The standard InChI is InChI=1S/C19H22N4O5/c1-3-4-9-19(2)17(26)23(18(27)22-19)11-16(25)28-12-15(24)21-14-7-5-13(10-20)6-8-14/h5-8H,3-4,9,11-12H2,1-2H3,(H,21,24)(H,22,27)/t19-/m0/s1. The molecule has 1 aliphatic heterocycles. The number of anilines is 1. The first kappa shape index (κ1) is 20.9. The summed E-state index contributed by atoms with van der Waals surface area (Å²) in [6, 6.07) is 7.47. The molecule has 2 rings (SSSR count). The van der Waals surface area contributed by atoms with Crippen molar-refractivity contribution >= 4 is 29.5 Å². The van der Waals surface area contributed by atoms with E-state index in [1.807, 2.05) is 13.0 Å². The number of carbonyl (C=O) groups is 4. The van der Waals surface area contributed by atoms with E-state index in [0.29, 0.717) is 17.7 Å². The largest absolute Gasteiger partial charge is 0.454 e. The fourth-order valence-corrected chi connectivity index (χ4v) is 2.74. The number of nitriles is 1. The maximum Gasteiger partial charge on any atom is 0.326 e. The van der Waals surface area contributed by atoms with Crippen LogP contribution in [-0.4, -0.2) is 47.4 Å². The van der Waals surface area contributed by atoms with Crippen LogP contribution in [0.1, 0.15) is 38.7 Å². The van der Waals surface area contributed by atoms with Crippen LogP contribution in [0.2, 0.25) is 0 Å². The summed E-state index contributed by atoms with van der Waals surface area (Å²) in [5.74, 6) is -1.92. The van der Waals surface area contributed by atoms with Gasteiger partial charge in [-0.05, 0) is 37.6 Å². The van der Waals surface area contributed by atoms with Gasteiger partial charge >= 0.3 is 12.0 Å². The monoisotopic (exact) mass is 386 g/mol.